The summed E-state index contributed by atoms with van der Waals surface area (Å²) in [4.78, 5) is 13.9. The zero-order chi connectivity index (χ0) is 26.5. The van der Waals surface area contributed by atoms with Crippen LogP contribution in [0.1, 0.15) is 54.1 Å². The Hall–Kier alpha value is -4.10. The molecule has 7 nitrogen and oxygen atoms in total. The maximum Gasteiger partial charge on any atom is 0.199 e. The van der Waals surface area contributed by atoms with Crippen molar-refractivity contribution in [3.05, 3.63) is 83.4 Å². The molecule has 5 rings (SSSR count). The number of benzene rings is 3. The molecule has 0 saturated carbocycles. The van der Waals surface area contributed by atoms with E-state index in [0.29, 0.717) is 53.0 Å². The van der Waals surface area contributed by atoms with Crippen molar-refractivity contribution in [2.45, 2.75) is 45.1 Å². The number of carbonyl (C=O) groups is 1. The second-order valence-electron chi connectivity index (χ2n) is 9.61. The first kappa shape index (κ1) is 25.5. The van der Waals surface area contributed by atoms with Gasteiger partial charge in [0.1, 0.15) is 22.9 Å². The molecule has 0 bridgehead atoms. The molecule has 2 heterocycles. The second kappa shape index (κ2) is 11.5. The van der Waals surface area contributed by atoms with Crippen LogP contribution in [0.15, 0.2) is 71.3 Å². The van der Waals surface area contributed by atoms with Crippen LogP contribution in [0.4, 0.5) is 0 Å². The normalized spacial score (nSPS) is 15.3. The van der Waals surface area contributed by atoms with E-state index in [2.05, 4.69) is 10.5 Å². The predicted molar refractivity (Wildman–Crippen MR) is 146 cm³/mol. The number of ketones is 1. The summed E-state index contributed by atoms with van der Waals surface area (Å²) >= 11 is 0. The first-order valence-corrected chi connectivity index (χ1v) is 13.2. The number of nitrogens with zero attached hydrogens (tertiary/aromatic N) is 1. The van der Waals surface area contributed by atoms with E-state index in [1.807, 2.05) is 19.1 Å². The van der Waals surface area contributed by atoms with Crippen LogP contribution in [-0.4, -0.2) is 40.3 Å². The largest absolute Gasteiger partial charge is 0.508 e. The van der Waals surface area contributed by atoms with Crippen LogP contribution in [0.2, 0.25) is 0 Å². The minimum Gasteiger partial charge on any atom is -0.508 e. The van der Waals surface area contributed by atoms with Gasteiger partial charge in [0.15, 0.2) is 11.5 Å². The minimum absolute atomic E-state index is 0.114. The molecule has 1 saturated heterocycles. The van der Waals surface area contributed by atoms with Crippen molar-refractivity contribution >= 4 is 5.78 Å². The summed E-state index contributed by atoms with van der Waals surface area (Å²) in [5.41, 5.74) is 3.41. The van der Waals surface area contributed by atoms with Crippen molar-refractivity contribution in [1.82, 2.24) is 10.5 Å². The molecule has 4 aromatic rings. The van der Waals surface area contributed by atoms with Gasteiger partial charge < -0.3 is 24.8 Å². The molecule has 3 N–H and O–H groups in total. The van der Waals surface area contributed by atoms with E-state index >= 15 is 0 Å². The molecule has 0 aliphatic carbocycles. The summed E-state index contributed by atoms with van der Waals surface area (Å²) < 4.78 is 11.7. The summed E-state index contributed by atoms with van der Waals surface area (Å²) in [6.07, 6.45) is 5.27. The maximum atomic E-state index is 13.9. The number of nitrogens with one attached hydrogen (secondary N) is 1. The van der Waals surface area contributed by atoms with Gasteiger partial charge in [0, 0.05) is 22.7 Å². The van der Waals surface area contributed by atoms with Gasteiger partial charge in [0.25, 0.3) is 0 Å². The highest BCUT2D eigenvalue weighted by atomic mass is 16.5. The molecule has 1 fully saturated rings. The summed E-state index contributed by atoms with van der Waals surface area (Å²) in [6.45, 7) is 3.67. The number of rotatable bonds is 9. The molecule has 196 valence electrons. The van der Waals surface area contributed by atoms with Gasteiger partial charge in [-0.05, 0) is 105 Å². The summed E-state index contributed by atoms with van der Waals surface area (Å²) in [7, 11) is 0. The number of carbonyl (C=O) groups excluding carboxylic acids is 1. The van der Waals surface area contributed by atoms with Gasteiger partial charge in [-0.25, -0.2) is 0 Å². The molecule has 1 unspecified atom stereocenters. The lowest BCUT2D eigenvalue weighted by Gasteiger charge is -2.23. The SMILES string of the molecule is CCc1cc(O)ccc1-c1noc(-c2ccc(O)cc2)c1C(=O)c1ccc(OCCC2CCCCN2)cc1. The quantitative estimate of drug-likeness (QED) is 0.232. The van der Waals surface area contributed by atoms with Gasteiger partial charge in [-0.3, -0.25) is 4.79 Å². The van der Waals surface area contributed by atoms with Crippen molar-refractivity contribution in [3.63, 3.8) is 0 Å². The fourth-order valence-electron chi connectivity index (χ4n) is 4.93. The summed E-state index contributed by atoms with van der Waals surface area (Å²) in [5.74, 6) is 1.06. The third-order valence-electron chi connectivity index (χ3n) is 7.04. The first-order chi connectivity index (χ1) is 18.5. The molecule has 1 aliphatic rings. The maximum absolute atomic E-state index is 13.9. The highest BCUT2D eigenvalue weighted by Crippen LogP contribution is 2.37. The molecule has 0 radical (unpaired) electrons. The number of hydrogen-bond acceptors (Lipinski definition) is 7. The number of aromatic hydroxyl groups is 2. The van der Waals surface area contributed by atoms with Crippen LogP contribution in [0.3, 0.4) is 0 Å². The molecule has 1 aromatic heterocycles. The Bertz CT molecular complexity index is 1390. The van der Waals surface area contributed by atoms with Crippen LogP contribution in [0, 0.1) is 0 Å². The first-order valence-electron chi connectivity index (χ1n) is 13.2. The highest BCUT2D eigenvalue weighted by molar-refractivity contribution is 6.15. The molecule has 0 amide bonds. The number of aromatic nitrogens is 1. The van der Waals surface area contributed by atoms with E-state index < -0.39 is 0 Å². The van der Waals surface area contributed by atoms with E-state index in [4.69, 9.17) is 9.26 Å². The van der Waals surface area contributed by atoms with Gasteiger partial charge in [-0.1, -0.05) is 18.5 Å². The zero-order valence-corrected chi connectivity index (χ0v) is 21.4. The monoisotopic (exact) mass is 512 g/mol. The van der Waals surface area contributed by atoms with Crippen molar-refractivity contribution in [2.24, 2.45) is 0 Å². The molecule has 38 heavy (non-hydrogen) atoms. The van der Waals surface area contributed by atoms with E-state index in [0.717, 1.165) is 24.1 Å². The Kier molecular flexibility index (Phi) is 7.75. The average molecular weight is 513 g/mol. The number of piperidine rings is 1. The Morgan fingerprint density at radius 2 is 1.79 bits per heavy atom. The van der Waals surface area contributed by atoms with Crippen molar-refractivity contribution in [1.29, 1.82) is 0 Å². The van der Waals surface area contributed by atoms with Crippen LogP contribution in [0.25, 0.3) is 22.6 Å². The standard InChI is InChI=1S/C31H32N2O5/c1-2-20-19-25(35)12-15-27(20)29-28(31(38-33-29)22-6-10-24(34)11-7-22)30(36)21-8-13-26(14-9-21)37-18-16-23-5-3-4-17-32-23/h6-15,19,23,32,34-35H,2-5,16-18H2,1H3. The van der Waals surface area contributed by atoms with Crippen LogP contribution >= 0.6 is 0 Å². The molecule has 7 heteroatoms. The van der Waals surface area contributed by atoms with Crippen LogP contribution in [-0.2, 0) is 6.42 Å². The molecular formula is C31H32N2O5. The van der Waals surface area contributed by atoms with Gasteiger partial charge in [0.2, 0.25) is 0 Å². The fraction of sp³-hybridized carbons (Fsp3) is 0.290. The lowest BCUT2D eigenvalue weighted by atomic mass is 9.93. The van der Waals surface area contributed by atoms with Crippen LogP contribution in [0.5, 0.6) is 17.2 Å². The third-order valence-corrected chi connectivity index (χ3v) is 7.04. The van der Waals surface area contributed by atoms with Crippen molar-refractivity contribution < 1.29 is 24.3 Å². The topological polar surface area (TPSA) is 105 Å². The van der Waals surface area contributed by atoms with E-state index in [1.165, 1.54) is 19.3 Å². The van der Waals surface area contributed by atoms with Gasteiger partial charge in [-0.15, -0.1) is 0 Å². The average Bonchev–Trinajstić information content (AvgIpc) is 3.39. The molecule has 3 aromatic carbocycles. The Labute approximate surface area is 222 Å². The van der Waals surface area contributed by atoms with Crippen LogP contribution < -0.4 is 10.1 Å². The van der Waals surface area contributed by atoms with E-state index in [-0.39, 0.29) is 17.3 Å². The van der Waals surface area contributed by atoms with E-state index in [9.17, 15) is 15.0 Å². The molecular weight excluding hydrogens is 480 g/mol. The molecule has 0 spiro atoms. The Balaban J connectivity index is 1.44. The number of aryl methyl sites for hydroxylation is 1. The summed E-state index contributed by atoms with van der Waals surface area (Å²) in [5, 5.41) is 27.6. The number of phenols is 2. The third kappa shape index (κ3) is 5.58. The fourth-order valence-corrected chi connectivity index (χ4v) is 4.93. The zero-order valence-electron chi connectivity index (χ0n) is 21.4. The second-order valence-corrected chi connectivity index (χ2v) is 9.61. The van der Waals surface area contributed by atoms with Gasteiger partial charge in [-0.2, -0.15) is 0 Å². The Morgan fingerprint density at radius 1 is 1.03 bits per heavy atom. The van der Waals surface area contributed by atoms with Crippen molar-refractivity contribution in [2.75, 3.05) is 13.2 Å². The Morgan fingerprint density at radius 3 is 2.50 bits per heavy atom. The number of hydrogen-bond donors (Lipinski definition) is 3. The predicted octanol–water partition coefficient (Wildman–Crippen LogP) is 6.12. The smallest absolute Gasteiger partial charge is 0.199 e. The lowest BCUT2D eigenvalue weighted by Crippen LogP contribution is -2.35. The minimum atomic E-state index is -0.239. The number of ether oxygens (including phenoxy) is 1. The lowest BCUT2D eigenvalue weighted by molar-refractivity contribution is 0.103. The highest BCUT2D eigenvalue weighted by Gasteiger charge is 2.27. The van der Waals surface area contributed by atoms with Gasteiger partial charge in [0.05, 0.1) is 12.2 Å². The van der Waals surface area contributed by atoms with E-state index in [1.54, 1.807) is 54.6 Å². The number of phenolic OH excluding ortho intramolecular Hbond substituents is 2. The molecule has 1 atom stereocenters. The summed E-state index contributed by atoms with van der Waals surface area (Å²) in [6, 6.07) is 19.1. The molecule has 1 aliphatic heterocycles. The van der Waals surface area contributed by atoms with Gasteiger partial charge >= 0.3 is 0 Å². The van der Waals surface area contributed by atoms with Crippen molar-refractivity contribution in [3.8, 4) is 39.8 Å².